The highest BCUT2D eigenvalue weighted by atomic mass is 16.6. The number of rotatable bonds is 7. The molecule has 0 saturated carbocycles. The maximum Gasteiger partial charge on any atom is 0.333 e. The van der Waals surface area contributed by atoms with Gasteiger partial charge in [-0.15, -0.1) is 12.3 Å². The maximum absolute atomic E-state index is 11.0. The number of anilines is 1. The van der Waals surface area contributed by atoms with E-state index in [9.17, 15) is 10.1 Å². The molecule has 0 fully saturated rings. The van der Waals surface area contributed by atoms with Crippen LogP contribution in [-0.2, 0) is 13.5 Å². The molecule has 6 nitrogen and oxygen atoms in total. The minimum Gasteiger partial charge on any atom is -0.365 e. The van der Waals surface area contributed by atoms with E-state index in [-0.39, 0.29) is 10.6 Å². The molecule has 0 radical (unpaired) electrons. The Morgan fingerprint density at radius 2 is 2.28 bits per heavy atom. The molecule has 0 aromatic carbocycles. The van der Waals surface area contributed by atoms with E-state index in [4.69, 9.17) is 6.42 Å². The van der Waals surface area contributed by atoms with Gasteiger partial charge in [-0.3, -0.25) is 10.1 Å². The van der Waals surface area contributed by atoms with Crippen molar-refractivity contribution >= 4 is 11.5 Å². The van der Waals surface area contributed by atoms with Crippen LogP contribution in [0.3, 0.4) is 0 Å². The summed E-state index contributed by atoms with van der Waals surface area (Å²) < 4.78 is 1.53. The van der Waals surface area contributed by atoms with Crippen LogP contribution in [0.4, 0.5) is 11.5 Å². The lowest BCUT2D eigenvalue weighted by molar-refractivity contribution is -0.384. The van der Waals surface area contributed by atoms with Gasteiger partial charge in [-0.2, -0.15) is 5.10 Å². The molecule has 0 aliphatic carbocycles. The fourth-order valence-corrected chi connectivity index (χ4v) is 1.76. The van der Waals surface area contributed by atoms with Gasteiger partial charge in [0.2, 0.25) is 5.82 Å². The van der Waals surface area contributed by atoms with Crippen molar-refractivity contribution in [2.24, 2.45) is 7.05 Å². The number of aromatic nitrogens is 2. The normalized spacial score (nSPS) is 10.1. The van der Waals surface area contributed by atoms with Crippen LogP contribution >= 0.6 is 0 Å². The number of nitro groups is 1. The number of aryl methyl sites for hydroxylation is 2. The quantitative estimate of drug-likeness (QED) is 0.348. The number of unbranched alkanes of at least 4 members (excludes halogenated alkanes) is 2. The number of hydrogen-bond donors (Lipinski definition) is 1. The highest BCUT2D eigenvalue weighted by molar-refractivity contribution is 5.59. The van der Waals surface area contributed by atoms with Gasteiger partial charge in [0, 0.05) is 20.0 Å². The summed E-state index contributed by atoms with van der Waals surface area (Å²) in [6.45, 7) is 2.51. The van der Waals surface area contributed by atoms with Crippen molar-refractivity contribution in [3.05, 3.63) is 15.8 Å². The first-order chi connectivity index (χ1) is 8.61. The third-order valence-electron chi connectivity index (χ3n) is 2.65. The molecule has 0 bridgehead atoms. The molecule has 1 heterocycles. The van der Waals surface area contributed by atoms with Crippen molar-refractivity contribution in [3.63, 3.8) is 0 Å². The second-order valence-electron chi connectivity index (χ2n) is 3.97. The van der Waals surface area contributed by atoms with Crippen LogP contribution in [0.5, 0.6) is 0 Å². The van der Waals surface area contributed by atoms with Crippen LogP contribution in [0.25, 0.3) is 0 Å². The van der Waals surface area contributed by atoms with Gasteiger partial charge in [-0.25, -0.2) is 4.68 Å². The predicted molar refractivity (Wildman–Crippen MR) is 70.4 cm³/mol. The van der Waals surface area contributed by atoms with Gasteiger partial charge in [-0.1, -0.05) is 6.92 Å². The van der Waals surface area contributed by atoms with E-state index in [1.54, 1.807) is 7.05 Å². The fraction of sp³-hybridized carbons (Fsp3) is 0.583. The maximum atomic E-state index is 11.0. The van der Waals surface area contributed by atoms with Gasteiger partial charge in [0.1, 0.15) is 5.69 Å². The first kappa shape index (κ1) is 14.0. The number of nitrogens with zero attached hydrogens (tertiary/aromatic N) is 3. The van der Waals surface area contributed by atoms with E-state index in [2.05, 4.69) is 16.3 Å². The lowest BCUT2D eigenvalue weighted by Gasteiger charge is -2.04. The first-order valence-corrected chi connectivity index (χ1v) is 5.99. The highest BCUT2D eigenvalue weighted by Gasteiger charge is 2.24. The highest BCUT2D eigenvalue weighted by Crippen LogP contribution is 2.28. The van der Waals surface area contributed by atoms with Crippen LogP contribution in [0.1, 0.15) is 31.9 Å². The SMILES string of the molecule is C#CCCCCNc1c([N+](=O)[O-])c(CC)nn1C. The molecule has 1 N–H and O–H groups in total. The summed E-state index contributed by atoms with van der Waals surface area (Å²) in [7, 11) is 1.70. The van der Waals surface area contributed by atoms with E-state index in [1.165, 1.54) is 4.68 Å². The molecule has 1 aromatic heterocycles. The molecule has 18 heavy (non-hydrogen) atoms. The molecule has 0 unspecified atom stereocenters. The molecular weight excluding hydrogens is 232 g/mol. The largest absolute Gasteiger partial charge is 0.365 e. The summed E-state index contributed by atoms with van der Waals surface area (Å²) in [4.78, 5) is 10.7. The minimum absolute atomic E-state index is 0.0805. The summed E-state index contributed by atoms with van der Waals surface area (Å²) >= 11 is 0. The van der Waals surface area contributed by atoms with Crippen LogP contribution < -0.4 is 5.32 Å². The van der Waals surface area contributed by atoms with E-state index in [0.717, 1.165) is 19.3 Å². The Morgan fingerprint density at radius 1 is 1.56 bits per heavy atom. The van der Waals surface area contributed by atoms with Crippen LogP contribution in [0.15, 0.2) is 0 Å². The Balaban J connectivity index is 2.72. The van der Waals surface area contributed by atoms with Gasteiger partial charge in [0.25, 0.3) is 0 Å². The molecule has 1 aromatic rings. The lowest BCUT2D eigenvalue weighted by Crippen LogP contribution is -2.07. The van der Waals surface area contributed by atoms with Crippen molar-refractivity contribution in [3.8, 4) is 12.3 Å². The zero-order valence-corrected chi connectivity index (χ0v) is 10.8. The molecular formula is C12H18N4O2. The van der Waals surface area contributed by atoms with E-state index in [0.29, 0.717) is 24.5 Å². The van der Waals surface area contributed by atoms with Crippen LogP contribution in [0, 0.1) is 22.5 Å². The van der Waals surface area contributed by atoms with E-state index in [1.807, 2.05) is 6.92 Å². The molecule has 1 rings (SSSR count). The first-order valence-electron chi connectivity index (χ1n) is 5.99. The number of terminal acetylenes is 1. The summed E-state index contributed by atoms with van der Waals surface area (Å²) in [5, 5.41) is 18.2. The molecule has 98 valence electrons. The third-order valence-corrected chi connectivity index (χ3v) is 2.65. The van der Waals surface area contributed by atoms with Crippen molar-refractivity contribution in [1.29, 1.82) is 0 Å². The van der Waals surface area contributed by atoms with E-state index >= 15 is 0 Å². The van der Waals surface area contributed by atoms with Crippen molar-refractivity contribution in [2.45, 2.75) is 32.6 Å². The second kappa shape index (κ2) is 6.64. The molecule has 0 saturated heterocycles. The second-order valence-corrected chi connectivity index (χ2v) is 3.97. The number of hydrogen-bond acceptors (Lipinski definition) is 4. The Labute approximate surface area is 107 Å². The standard InChI is InChI=1S/C12H18N4O2/c1-4-6-7-8-9-13-12-11(16(17)18)10(5-2)14-15(12)3/h1,13H,5-9H2,2-3H3. The summed E-state index contributed by atoms with van der Waals surface area (Å²) in [5.41, 5.74) is 0.588. The lowest BCUT2D eigenvalue weighted by atomic mass is 10.2. The Bertz CT molecular complexity index is 459. The number of nitrogens with one attached hydrogen (secondary N) is 1. The average molecular weight is 250 g/mol. The monoisotopic (exact) mass is 250 g/mol. The van der Waals surface area contributed by atoms with Crippen molar-refractivity contribution < 1.29 is 4.92 Å². The van der Waals surface area contributed by atoms with E-state index < -0.39 is 0 Å². The molecule has 0 aliphatic heterocycles. The topological polar surface area (TPSA) is 73.0 Å². The van der Waals surface area contributed by atoms with Gasteiger partial charge >= 0.3 is 5.69 Å². The Kier molecular flexibility index (Phi) is 5.18. The molecule has 0 amide bonds. The van der Waals surface area contributed by atoms with Crippen molar-refractivity contribution in [1.82, 2.24) is 9.78 Å². The molecule has 0 aliphatic rings. The zero-order chi connectivity index (χ0) is 13.5. The fourth-order valence-electron chi connectivity index (χ4n) is 1.76. The molecule has 6 heteroatoms. The van der Waals surface area contributed by atoms with Gasteiger partial charge < -0.3 is 5.32 Å². The summed E-state index contributed by atoms with van der Waals surface area (Å²) in [6.07, 6.45) is 8.23. The van der Waals surface area contributed by atoms with Crippen molar-refractivity contribution in [2.75, 3.05) is 11.9 Å². The summed E-state index contributed by atoms with van der Waals surface area (Å²) in [5.74, 6) is 3.04. The van der Waals surface area contributed by atoms with Crippen LogP contribution in [-0.4, -0.2) is 21.2 Å². The van der Waals surface area contributed by atoms with Gasteiger partial charge in [0.05, 0.1) is 4.92 Å². The smallest absolute Gasteiger partial charge is 0.333 e. The molecule has 0 atom stereocenters. The predicted octanol–water partition coefficient (Wildman–Crippen LogP) is 2.11. The molecule has 0 spiro atoms. The van der Waals surface area contributed by atoms with Crippen LogP contribution in [0.2, 0.25) is 0 Å². The van der Waals surface area contributed by atoms with Gasteiger partial charge in [-0.05, 0) is 19.3 Å². The Hall–Kier alpha value is -2.03. The zero-order valence-electron chi connectivity index (χ0n) is 10.8. The minimum atomic E-state index is -0.379. The Morgan fingerprint density at radius 3 is 2.83 bits per heavy atom. The van der Waals surface area contributed by atoms with Gasteiger partial charge in [0.15, 0.2) is 0 Å². The summed E-state index contributed by atoms with van der Waals surface area (Å²) in [6, 6.07) is 0. The average Bonchev–Trinajstić information content (AvgIpc) is 2.66. The third kappa shape index (κ3) is 3.23.